The minimum atomic E-state index is 0.742. The molecule has 2 nitrogen and oxygen atoms in total. The zero-order valence-electron chi connectivity index (χ0n) is 9.03. The van der Waals surface area contributed by atoms with E-state index in [1.165, 1.54) is 10.4 Å². The quantitative estimate of drug-likeness (QED) is 0.872. The molecule has 0 aliphatic heterocycles. The van der Waals surface area contributed by atoms with Crippen LogP contribution in [0.4, 0.5) is 5.69 Å². The molecule has 0 atom stereocenters. The van der Waals surface area contributed by atoms with E-state index in [0.29, 0.717) is 0 Å². The normalized spacial score (nSPS) is 9.75. The molecule has 0 saturated carbocycles. The molecule has 0 spiro atoms. The maximum Gasteiger partial charge on any atom is 0.100 e. The molecule has 0 fully saturated rings. The summed E-state index contributed by atoms with van der Waals surface area (Å²) in [5.41, 5.74) is 3.13. The van der Waals surface area contributed by atoms with Crippen LogP contribution < -0.4 is 5.32 Å². The van der Waals surface area contributed by atoms with Crippen molar-refractivity contribution in [3.63, 3.8) is 0 Å². The third-order valence-corrected chi connectivity index (χ3v) is 3.32. The number of anilines is 1. The standard InChI is InChI=1S/C13H12N2S/c1-10-4-2-3-5-13(10)15-8-12-6-11(7-14)9-16-12/h2-6,9,15H,8H2,1H3. The third kappa shape index (κ3) is 2.41. The summed E-state index contributed by atoms with van der Waals surface area (Å²) < 4.78 is 0. The molecule has 3 heteroatoms. The lowest BCUT2D eigenvalue weighted by Gasteiger charge is -2.07. The van der Waals surface area contributed by atoms with Crippen LogP contribution in [0.25, 0.3) is 0 Å². The fourth-order valence-corrected chi connectivity index (χ4v) is 2.24. The maximum absolute atomic E-state index is 8.72. The highest BCUT2D eigenvalue weighted by Crippen LogP contribution is 2.18. The molecular formula is C13H12N2S. The summed E-state index contributed by atoms with van der Waals surface area (Å²) in [5.74, 6) is 0. The first kappa shape index (κ1) is 10.7. The van der Waals surface area contributed by atoms with Gasteiger partial charge in [0.15, 0.2) is 0 Å². The largest absolute Gasteiger partial charge is 0.380 e. The van der Waals surface area contributed by atoms with E-state index >= 15 is 0 Å². The summed E-state index contributed by atoms with van der Waals surface area (Å²) in [5, 5.41) is 14.0. The predicted octanol–water partition coefficient (Wildman–Crippen LogP) is 3.54. The van der Waals surface area contributed by atoms with Crippen LogP contribution in [0, 0.1) is 18.3 Å². The van der Waals surface area contributed by atoms with Crippen molar-refractivity contribution in [2.45, 2.75) is 13.5 Å². The zero-order chi connectivity index (χ0) is 11.4. The second-order valence-electron chi connectivity index (χ2n) is 3.58. The van der Waals surface area contributed by atoms with E-state index in [4.69, 9.17) is 5.26 Å². The van der Waals surface area contributed by atoms with E-state index in [0.717, 1.165) is 17.8 Å². The van der Waals surface area contributed by atoms with Crippen molar-refractivity contribution in [1.29, 1.82) is 5.26 Å². The smallest absolute Gasteiger partial charge is 0.100 e. The van der Waals surface area contributed by atoms with E-state index < -0.39 is 0 Å². The second kappa shape index (κ2) is 4.82. The van der Waals surface area contributed by atoms with Crippen molar-refractivity contribution in [2.24, 2.45) is 0 Å². The number of thiophene rings is 1. The van der Waals surface area contributed by atoms with Gasteiger partial charge in [-0.05, 0) is 24.6 Å². The number of para-hydroxylation sites is 1. The average molecular weight is 228 g/mol. The average Bonchev–Trinajstić information content (AvgIpc) is 2.76. The Labute approximate surface area is 99.2 Å². The van der Waals surface area contributed by atoms with E-state index in [1.807, 2.05) is 23.6 Å². The molecule has 0 saturated heterocycles. The Morgan fingerprint density at radius 2 is 2.19 bits per heavy atom. The van der Waals surface area contributed by atoms with Crippen LogP contribution in [-0.4, -0.2) is 0 Å². The minimum absolute atomic E-state index is 0.742. The van der Waals surface area contributed by atoms with Gasteiger partial charge in [0.25, 0.3) is 0 Å². The van der Waals surface area contributed by atoms with Crippen LogP contribution in [0.2, 0.25) is 0 Å². The van der Waals surface area contributed by atoms with Crippen LogP contribution in [0.5, 0.6) is 0 Å². The molecule has 1 N–H and O–H groups in total. The fraction of sp³-hybridized carbons (Fsp3) is 0.154. The van der Waals surface area contributed by atoms with E-state index in [9.17, 15) is 0 Å². The summed E-state index contributed by atoms with van der Waals surface area (Å²) in [6.07, 6.45) is 0. The van der Waals surface area contributed by atoms with Crippen molar-refractivity contribution in [1.82, 2.24) is 0 Å². The van der Waals surface area contributed by atoms with Crippen LogP contribution in [-0.2, 0) is 6.54 Å². The number of nitriles is 1. The van der Waals surface area contributed by atoms with Gasteiger partial charge in [-0.2, -0.15) is 5.26 Å². The van der Waals surface area contributed by atoms with Gasteiger partial charge in [-0.3, -0.25) is 0 Å². The lowest BCUT2D eigenvalue weighted by atomic mass is 10.2. The van der Waals surface area contributed by atoms with E-state index in [-0.39, 0.29) is 0 Å². The molecular weight excluding hydrogens is 216 g/mol. The highest BCUT2D eigenvalue weighted by Gasteiger charge is 2.00. The van der Waals surface area contributed by atoms with Gasteiger partial charge in [0, 0.05) is 22.5 Å². The maximum atomic E-state index is 8.72. The van der Waals surface area contributed by atoms with Crippen LogP contribution in [0.1, 0.15) is 16.0 Å². The Balaban J connectivity index is 2.03. The van der Waals surface area contributed by atoms with Crippen molar-refractivity contribution in [3.8, 4) is 6.07 Å². The van der Waals surface area contributed by atoms with Crippen molar-refractivity contribution < 1.29 is 0 Å². The third-order valence-electron chi connectivity index (χ3n) is 2.38. The summed E-state index contributed by atoms with van der Waals surface area (Å²) in [6.45, 7) is 2.86. The molecule has 0 radical (unpaired) electrons. The van der Waals surface area contributed by atoms with Crippen molar-refractivity contribution in [2.75, 3.05) is 5.32 Å². The number of rotatable bonds is 3. The summed E-state index contributed by atoms with van der Waals surface area (Å²) in [4.78, 5) is 1.18. The molecule has 16 heavy (non-hydrogen) atoms. The second-order valence-corrected chi connectivity index (χ2v) is 4.58. The predicted molar refractivity (Wildman–Crippen MR) is 67.5 cm³/mol. The van der Waals surface area contributed by atoms with Crippen LogP contribution in [0.3, 0.4) is 0 Å². The lowest BCUT2D eigenvalue weighted by molar-refractivity contribution is 1.18. The van der Waals surface area contributed by atoms with Gasteiger partial charge in [-0.25, -0.2) is 0 Å². The Hall–Kier alpha value is -1.79. The summed E-state index contributed by atoms with van der Waals surface area (Å²) in [6, 6.07) is 12.3. The highest BCUT2D eigenvalue weighted by atomic mass is 32.1. The number of benzene rings is 1. The molecule has 0 unspecified atom stereocenters. The van der Waals surface area contributed by atoms with Gasteiger partial charge < -0.3 is 5.32 Å². The van der Waals surface area contributed by atoms with Gasteiger partial charge in [-0.1, -0.05) is 18.2 Å². The van der Waals surface area contributed by atoms with Gasteiger partial charge in [0.05, 0.1) is 5.56 Å². The first-order valence-corrected chi connectivity index (χ1v) is 5.94. The number of nitrogens with one attached hydrogen (secondary N) is 1. The topological polar surface area (TPSA) is 35.8 Å². The Morgan fingerprint density at radius 1 is 1.38 bits per heavy atom. The monoisotopic (exact) mass is 228 g/mol. The molecule has 1 aromatic carbocycles. The summed E-state index contributed by atoms with van der Waals surface area (Å²) >= 11 is 1.61. The number of hydrogen-bond acceptors (Lipinski definition) is 3. The number of hydrogen-bond donors (Lipinski definition) is 1. The molecule has 1 heterocycles. The molecule has 2 aromatic rings. The lowest BCUT2D eigenvalue weighted by Crippen LogP contribution is -1.98. The first-order valence-electron chi connectivity index (χ1n) is 5.06. The van der Waals surface area contributed by atoms with Gasteiger partial charge in [0.2, 0.25) is 0 Å². The Kier molecular flexibility index (Phi) is 3.23. The van der Waals surface area contributed by atoms with E-state index in [2.05, 4.69) is 30.4 Å². The Bertz CT molecular complexity index is 523. The van der Waals surface area contributed by atoms with Gasteiger partial charge >= 0.3 is 0 Å². The molecule has 1 aromatic heterocycles. The SMILES string of the molecule is Cc1ccccc1NCc1cc(C#N)cs1. The Morgan fingerprint density at radius 3 is 2.88 bits per heavy atom. The number of nitrogens with zero attached hydrogens (tertiary/aromatic N) is 1. The van der Waals surface area contributed by atoms with E-state index in [1.54, 1.807) is 11.3 Å². The molecule has 2 rings (SSSR count). The molecule has 0 aliphatic rings. The molecule has 0 bridgehead atoms. The van der Waals surface area contributed by atoms with Crippen molar-refractivity contribution >= 4 is 17.0 Å². The van der Waals surface area contributed by atoms with Gasteiger partial charge in [-0.15, -0.1) is 11.3 Å². The van der Waals surface area contributed by atoms with Crippen molar-refractivity contribution in [3.05, 3.63) is 51.7 Å². The number of aryl methyl sites for hydroxylation is 1. The first-order chi connectivity index (χ1) is 7.79. The molecule has 0 aliphatic carbocycles. The summed E-state index contributed by atoms with van der Waals surface area (Å²) in [7, 11) is 0. The zero-order valence-corrected chi connectivity index (χ0v) is 9.84. The van der Waals surface area contributed by atoms with Crippen LogP contribution >= 0.6 is 11.3 Å². The van der Waals surface area contributed by atoms with Gasteiger partial charge in [0.1, 0.15) is 6.07 Å². The minimum Gasteiger partial charge on any atom is -0.380 e. The fourth-order valence-electron chi connectivity index (χ4n) is 1.49. The van der Waals surface area contributed by atoms with Crippen LogP contribution in [0.15, 0.2) is 35.7 Å². The molecule has 0 amide bonds. The highest BCUT2D eigenvalue weighted by molar-refractivity contribution is 7.10. The molecule has 80 valence electrons.